The fourth-order valence-electron chi connectivity index (χ4n) is 1.99. The van der Waals surface area contributed by atoms with Gasteiger partial charge in [-0.2, -0.15) is 0 Å². The Bertz CT molecular complexity index is 127. The van der Waals surface area contributed by atoms with Crippen molar-refractivity contribution in [2.45, 2.75) is 45.6 Å². The van der Waals surface area contributed by atoms with Gasteiger partial charge in [-0.1, -0.05) is 20.3 Å². The van der Waals surface area contributed by atoms with E-state index in [2.05, 4.69) is 19.2 Å². The highest BCUT2D eigenvalue weighted by Gasteiger charge is 2.26. The van der Waals surface area contributed by atoms with Gasteiger partial charge in [-0.3, -0.25) is 0 Å². The molecule has 0 aromatic heterocycles. The third-order valence-corrected chi connectivity index (χ3v) is 2.75. The molecule has 2 heteroatoms. The molecule has 0 saturated carbocycles. The molecule has 2 atom stereocenters. The van der Waals surface area contributed by atoms with Crippen molar-refractivity contribution in [2.75, 3.05) is 19.7 Å². The van der Waals surface area contributed by atoms with Crippen LogP contribution >= 0.6 is 0 Å². The largest absolute Gasteiger partial charge is 0.378 e. The number of hydrogen-bond acceptors (Lipinski definition) is 2. The van der Waals surface area contributed by atoms with Gasteiger partial charge in [-0.25, -0.2) is 0 Å². The van der Waals surface area contributed by atoms with E-state index in [0.29, 0.717) is 6.10 Å². The lowest BCUT2D eigenvalue weighted by Crippen LogP contribution is -2.28. The summed E-state index contributed by atoms with van der Waals surface area (Å²) in [5, 5.41) is 3.49. The summed E-state index contributed by atoms with van der Waals surface area (Å²) in [7, 11) is 0. The van der Waals surface area contributed by atoms with E-state index in [1.807, 2.05) is 0 Å². The second-order valence-corrected chi connectivity index (χ2v) is 3.95. The van der Waals surface area contributed by atoms with Gasteiger partial charge in [0.15, 0.2) is 0 Å². The average molecular weight is 185 g/mol. The fraction of sp³-hybridized carbons (Fsp3) is 1.00. The van der Waals surface area contributed by atoms with E-state index in [9.17, 15) is 0 Å². The second kappa shape index (κ2) is 6.39. The normalized spacial score (nSPS) is 28.2. The van der Waals surface area contributed by atoms with Crippen LogP contribution in [-0.2, 0) is 4.74 Å². The molecule has 2 nitrogen and oxygen atoms in total. The average Bonchev–Trinajstić information content (AvgIpc) is 2.54. The highest BCUT2D eigenvalue weighted by atomic mass is 16.5. The van der Waals surface area contributed by atoms with E-state index in [1.165, 1.54) is 25.7 Å². The Morgan fingerprint density at radius 3 is 2.85 bits per heavy atom. The zero-order valence-electron chi connectivity index (χ0n) is 9.01. The monoisotopic (exact) mass is 185 g/mol. The number of nitrogens with one attached hydrogen (secondary N) is 1. The van der Waals surface area contributed by atoms with Crippen LogP contribution in [0.3, 0.4) is 0 Å². The van der Waals surface area contributed by atoms with Crippen molar-refractivity contribution in [3.05, 3.63) is 0 Å². The van der Waals surface area contributed by atoms with Crippen molar-refractivity contribution in [2.24, 2.45) is 5.92 Å². The van der Waals surface area contributed by atoms with Crippen molar-refractivity contribution >= 4 is 0 Å². The molecule has 1 heterocycles. The number of rotatable bonds is 6. The van der Waals surface area contributed by atoms with Crippen molar-refractivity contribution in [3.8, 4) is 0 Å². The summed E-state index contributed by atoms with van der Waals surface area (Å²) < 4.78 is 5.70. The van der Waals surface area contributed by atoms with Crippen LogP contribution in [-0.4, -0.2) is 25.8 Å². The van der Waals surface area contributed by atoms with Gasteiger partial charge in [0.25, 0.3) is 0 Å². The molecule has 1 aliphatic rings. The quantitative estimate of drug-likeness (QED) is 0.640. The van der Waals surface area contributed by atoms with Crippen molar-refractivity contribution in [3.63, 3.8) is 0 Å². The van der Waals surface area contributed by atoms with E-state index >= 15 is 0 Å². The Morgan fingerprint density at radius 1 is 1.31 bits per heavy atom. The smallest absolute Gasteiger partial charge is 0.0616 e. The Hall–Kier alpha value is -0.0800. The Labute approximate surface area is 82.0 Å². The molecule has 13 heavy (non-hydrogen) atoms. The molecule has 2 unspecified atom stereocenters. The van der Waals surface area contributed by atoms with Gasteiger partial charge in [0, 0.05) is 13.2 Å². The summed E-state index contributed by atoms with van der Waals surface area (Å²) in [6, 6.07) is 0. The van der Waals surface area contributed by atoms with Crippen LogP contribution in [0.25, 0.3) is 0 Å². The summed E-state index contributed by atoms with van der Waals surface area (Å²) in [6.45, 7) is 7.72. The maximum Gasteiger partial charge on any atom is 0.0616 e. The summed E-state index contributed by atoms with van der Waals surface area (Å²) in [4.78, 5) is 0. The van der Waals surface area contributed by atoms with Crippen LogP contribution in [0.5, 0.6) is 0 Å². The highest BCUT2D eigenvalue weighted by molar-refractivity contribution is 4.77. The maximum atomic E-state index is 5.70. The zero-order valence-corrected chi connectivity index (χ0v) is 9.01. The maximum absolute atomic E-state index is 5.70. The second-order valence-electron chi connectivity index (χ2n) is 3.95. The molecule has 0 aromatic carbocycles. The van der Waals surface area contributed by atoms with Gasteiger partial charge in [0.2, 0.25) is 0 Å². The molecule has 0 spiro atoms. The van der Waals surface area contributed by atoms with E-state index in [-0.39, 0.29) is 0 Å². The Balaban J connectivity index is 2.15. The Morgan fingerprint density at radius 2 is 2.15 bits per heavy atom. The predicted molar refractivity (Wildman–Crippen MR) is 55.9 cm³/mol. The minimum absolute atomic E-state index is 0.536. The molecule has 78 valence electrons. The van der Waals surface area contributed by atoms with Gasteiger partial charge in [-0.15, -0.1) is 0 Å². The summed E-state index contributed by atoms with van der Waals surface area (Å²) in [5.41, 5.74) is 0. The zero-order chi connectivity index (χ0) is 9.52. The minimum Gasteiger partial charge on any atom is -0.378 e. The Kier molecular flexibility index (Phi) is 5.40. The topological polar surface area (TPSA) is 21.3 Å². The van der Waals surface area contributed by atoms with Crippen molar-refractivity contribution < 1.29 is 4.74 Å². The first-order valence-electron chi connectivity index (χ1n) is 5.70. The molecule has 1 fully saturated rings. The van der Waals surface area contributed by atoms with Crippen molar-refractivity contribution in [1.82, 2.24) is 5.32 Å². The molecule has 1 rings (SSSR count). The van der Waals surface area contributed by atoms with E-state index in [4.69, 9.17) is 4.74 Å². The molecule has 1 N–H and O–H groups in total. The van der Waals surface area contributed by atoms with Crippen LogP contribution in [0.4, 0.5) is 0 Å². The highest BCUT2D eigenvalue weighted by Crippen LogP contribution is 2.23. The molecular formula is C11H23NO. The van der Waals surface area contributed by atoms with E-state index in [0.717, 1.165) is 25.6 Å². The lowest BCUT2D eigenvalue weighted by molar-refractivity contribution is 0.0827. The summed E-state index contributed by atoms with van der Waals surface area (Å²) in [5.74, 6) is 0.770. The van der Waals surface area contributed by atoms with E-state index in [1.54, 1.807) is 0 Å². The molecule has 0 radical (unpaired) electrons. The van der Waals surface area contributed by atoms with Crippen molar-refractivity contribution in [1.29, 1.82) is 0 Å². The third kappa shape index (κ3) is 3.65. The number of ether oxygens (including phenoxy) is 1. The summed E-state index contributed by atoms with van der Waals surface area (Å²) in [6.07, 6.45) is 5.50. The molecule has 1 aliphatic heterocycles. The minimum atomic E-state index is 0.536. The van der Waals surface area contributed by atoms with Gasteiger partial charge >= 0.3 is 0 Å². The lowest BCUT2D eigenvalue weighted by Gasteiger charge is -2.17. The van der Waals surface area contributed by atoms with Crippen LogP contribution in [0.1, 0.15) is 39.5 Å². The molecule has 0 aliphatic carbocycles. The van der Waals surface area contributed by atoms with Crippen LogP contribution in [0.2, 0.25) is 0 Å². The van der Waals surface area contributed by atoms with Gasteiger partial charge in [0.1, 0.15) is 0 Å². The fourth-order valence-corrected chi connectivity index (χ4v) is 1.99. The summed E-state index contributed by atoms with van der Waals surface area (Å²) >= 11 is 0. The first-order valence-corrected chi connectivity index (χ1v) is 5.70. The van der Waals surface area contributed by atoms with Crippen LogP contribution in [0, 0.1) is 5.92 Å². The standard InChI is InChI=1S/C11H23NO/c1-3-5-11-10(6-8-13-11)9-12-7-4-2/h10-12H,3-9H2,1-2H3. The van der Waals surface area contributed by atoms with E-state index < -0.39 is 0 Å². The molecule has 0 bridgehead atoms. The van der Waals surface area contributed by atoms with Gasteiger partial charge in [0.05, 0.1) is 6.10 Å². The van der Waals surface area contributed by atoms with Gasteiger partial charge < -0.3 is 10.1 Å². The first kappa shape index (κ1) is 11.0. The lowest BCUT2D eigenvalue weighted by atomic mass is 9.98. The SMILES string of the molecule is CCCNCC1CCOC1CCC. The molecule has 0 aromatic rings. The van der Waals surface area contributed by atoms with Crippen LogP contribution < -0.4 is 5.32 Å². The van der Waals surface area contributed by atoms with Gasteiger partial charge in [-0.05, 0) is 31.7 Å². The van der Waals surface area contributed by atoms with Crippen LogP contribution in [0.15, 0.2) is 0 Å². The molecular weight excluding hydrogens is 162 g/mol. The molecule has 0 amide bonds. The first-order chi connectivity index (χ1) is 6.38. The third-order valence-electron chi connectivity index (χ3n) is 2.75. The molecule has 1 saturated heterocycles. The number of hydrogen-bond donors (Lipinski definition) is 1. The predicted octanol–water partition coefficient (Wildman–Crippen LogP) is 2.19.